The molecule has 104 valence electrons. The minimum Gasteiger partial charge on any atom is -0.496 e. The Labute approximate surface area is 115 Å². The van der Waals surface area contributed by atoms with Crippen LogP contribution in [0.1, 0.15) is 30.9 Å². The standard InChI is InChI=1S/C15H23N3O/c1-3-18(9-11-4-5-11)10-12-6-7-14(19-2)13(8-12)15(16)17/h6-8,11H,3-5,9-10H2,1-2H3,(H3,16,17). The number of hydrogen-bond acceptors (Lipinski definition) is 3. The lowest BCUT2D eigenvalue weighted by atomic mass is 10.1. The highest BCUT2D eigenvalue weighted by molar-refractivity contribution is 5.97. The van der Waals surface area contributed by atoms with Gasteiger partial charge in [-0.05, 0) is 43.0 Å². The van der Waals surface area contributed by atoms with Gasteiger partial charge in [0.2, 0.25) is 0 Å². The van der Waals surface area contributed by atoms with Crippen LogP contribution in [0.25, 0.3) is 0 Å². The van der Waals surface area contributed by atoms with Gasteiger partial charge in [0.05, 0.1) is 12.7 Å². The highest BCUT2D eigenvalue weighted by atomic mass is 16.5. The summed E-state index contributed by atoms with van der Waals surface area (Å²) in [4.78, 5) is 2.45. The maximum absolute atomic E-state index is 7.61. The van der Waals surface area contributed by atoms with E-state index in [0.717, 1.165) is 19.0 Å². The molecule has 19 heavy (non-hydrogen) atoms. The number of nitrogen functional groups attached to an aromatic ring is 1. The lowest BCUT2D eigenvalue weighted by Crippen LogP contribution is -2.25. The van der Waals surface area contributed by atoms with Gasteiger partial charge in [0, 0.05) is 13.1 Å². The first-order valence-corrected chi connectivity index (χ1v) is 6.87. The van der Waals surface area contributed by atoms with Gasteiger partial charge in [0.15, 0.2) is 0 Å². The Morgan fingerprint density at radius 1 is 1.47 bits per heavy atom. The second-order valence-electron chi connectivity index (χ2n) is 5.22. The molecule has 0 spiro atoms. The Morgan fingerprint density at radius 2 is 2.21 bits per heavy atom. The van der Waals surface area contributed by atoms with Gasteiger partial charge < -0.3 is 10.5 Å². The molecule has 0 saturated heterocycles. The summed E-state index contributed by atoms with van der Waals surface area (Å²) in [5, 5.41) is 7.61. The first kappa shape index (κ1) is 13.9. The lowest BCUT2D eigenvalue weighted by molar-refractivity contribution is 0.268. The number of nitrogens with one attached hydrogen (secondary N) is 1. The Hall–Kier alpha value is -1.55. The molecule has 0 bridgehead atoms. The van der Waals surface area contributed by atoms with Gasteiger partial charge in [0.1, 0.15) is 11.6 Å². The van der Waals surface area contributed by atoms with E-state index in [0.29, 0.717) is 11.3 Å². The average molecular weight is 261 g/mol. The first-order valence-electron chi connectivity index (χ1n) is 6.87. The van der Waals surface area contributed by atoms with Crippen LogP contribution in [-0.4, -0.2) is 30.9 Å². The fraction of sp³-hybridized carbons (Fsp3) is 0.533. The zero-order valence-corrected chi connectivity index (χ0v) is 11.8. The quantitative estimate of drug-likeness (QED) is 0.584. The second kappa shape index (κ2) is 6.06. The number of hydrogen-bond donors (Lipinski definition) is 2. The van der Waals surface area contributed by atoms with Gasteiger partial charge in [-0.15, -0.1) is 0 Å². The topological polar surface area (TPSA) is 62.3 Å². The van der Waals surface area contributed by atoms with E-state index in [1.165, 1.54) is 24.9 Å². The van der Waals surface area contributed by atoms with E-state index in [-0.39, 0.29) is 5.84 Å². The van der Waals surface area contributed by atoms with Crippen LogP contribution in [-0.2, 0) is 6.54 Å². The average Bonchev–Trinajstić information content (AvgIpc) is 3.21. The summed E-state index contributed by atoms with van der Waals surface area (Å²) in [6.45, 7) is 5.34. The monoisotopic (exact) mass is 261 g/mol. The molecule has 1 aromatic carbocycles. The number of nitrogens with zero attached hydrogens (tertiary/aromatic N) is 1. The van der Waals surface area contributed by atoms with Crippen LogP contribution in [0.3, 0.4) is 0 Å². The van der Waals surface area contributed by atoms with E-state index in [2.05, 4.69) is 17.9 Å². The fourth-order valence-electron chi connectivity index (χ4n) is 2.29. The largest absolute Gasteiger partial charge is 0.496 e. The van der Waals surface area contributed by atoms with Gasteiger partial charge in [-0.2, -0.15) is 0 Å². The molecular formula is C15H23N3O. The summed E-state index contributed by atoms with van der Waals surface area (Å²) < 4.78 is 5.23. The molecule has 0 unspecified atom stereocenters. The second-order valence-corrected chi connectivity index (χ2v) is 5.22. The van der Waals surface area contributed by atoms with Crippen LogP contribution in [0.4, 0.5) is 0 Å². The molecule has 3 N–H and O–H groups in total. The molecule has 0 aliphatic heterocycles. The van der Waals surface area contributed by atoms with Crippen molar-refractivity contribution in [2.45, 2.75) is 26.3 Å². The maximum Gasteiger partial charge on any atom is 0.129 e. The summed E-state index contributed by atoms with van der Waals surface area (Å²) in [6.07, 6.45) is 2.75. The van der Waals surface area contributed by atoms with E-state index in [4.69, 9.17) is 15.9 Å². The van der Waals surface area contributed by atoms with E-state index >= 15 is 0 Å². The number of ether oxygens (including phenoxy) is 1. The number of rotatable bonds is 7. The van der Waals surface area contributed by atoms with Crippen LogP contribution in [0.15, 0.2) is 18.2 Å². The highest BCUT2D eigenvalue weighted by Gasteiger charge is 2.23. The van der Waals surface area contributed by atoms with Crippen LogP contribution < -0.4 is 10.5 Å². The van der Waals surface area contributed by atoms with Crippen molar-refractivity contribution in [3.8, 4) is 5.75 Å². The summed E-state index contributed by atoms with van der Waals surface area (Å²) in [7, 11) is 1.60. The molecule has 1 aliphatic rings. The van der Waals surface area contributed by atoms with Crippen molar-refractivity contribution in [1.82, 2.24) is 4.90 Å². The zero-order chi connectivity index (χ0) is 13.8. The van der Waals surface area contributed by atoms with Crippen molar-refractivity contribution >= 4 is 5.84 Å². The number of methoxy groups -OCH3 is 1. The van der Waals surface area contributed by atoms with Crippen molar-refractivity contribution in [2.75, 3.05) is 20.2 Å². The molecule has 1 aromatic rings. The predicted molar refractivity (Wildman–Crippen MR) is 77.7 cm³/mol. The summed E-state index contributed by atoms with van der Waals surface area (Å²) >= 11 is 0. The van der Waals surface area contributed by atoms with Gasteiger partial charge >= 0.3 is 0 Å². The predicted octanol–water partition coefficient (Wildman–Crippen LogP) is 2.21. The Bertz CT molecular complexity index is 455. The summed E-state index contributed by atoms with van der Waals surface area (Å²) in [6, 6.07) is 5.93. The van der Waals surface area contributed by atoms with E-state index < -0.39 is 0 Å². The molecular weight excluding hydrogens is 238 g/mol. The van der Waals surface area contributed by atoms with Gasteiger partial charge in [0.25, 0.3) is 0 Å². The van der Waals surface area contributed by atoms with Gasteiger partial charge in [-0.25, -0.2) is 0 Å². The van der Waals surface area contributed by atoms with Crippen molar-refractivity contribution in [3.05, 3.63) is 29.3 Å². The Morgan fingerprint density at radius 3 is 2.74 bits per heavy atom. The third kappa shape index (κ3) is 3.70. The number of amidine groups is 1. The van der Waals surface area contributed by atoms with E-state index in [9.17, 15) is 0 Å². The number of benzene rings is 1. The molecule has 0 radical (unpaired) electrons. The van der Waals surface area contributed by atoms with Crippen molar-refractivity contribution in [2.24, 2.45) is 11.7 Å². The van der Waals surface area contributed by atoms with Crippen LogP contribution >= 0.6 is 0 Å². The first-order chi connectivity index (χ1) is 9.13. The molecule has 1 aliphatic carbocycles. The van der Waals surface area contributed by atoms with Crippen LogP contribution in [0.2, 0.25) is 0 Å². The Kier molecular flexibility index (Phi) is 4.43. The molecule has 0 atom stereocenters. The molecule has 1 saturated carbocycles. The molecule has 1 fully saturated rings. The molecule has 2 rings (SSSR count). The molecule has 0 aromatic heterocycles. The highest BCUT2D eigenvalue weighted by Crippen LogP contribution is 2.30. The Balaban J connectivity index is 2.10. The van der Waals surface area contributed by atoms with Crippen molar-refractivity contribution in [1.29, 1.82) is 5.41 Å². The summed E-state index contributed by atoms with van der Waals surface area (Å²) in [5.41, 5.74) is 7.47. The molecule has 0 amide bonds. The SMILES string of the molecule is CCN(Cc1ccc(OC)c(C(=N)N)c1)CC1CC1. The number of nitrogens with two attached hydrogens (primary N) is 1. The van der Waals surface area contributed by atoms with Crippen LogP contribution in [0.5, 0.6) is 5.75 Å². The van der Waals surface area contributed by atoms with Gasteiger partial charge in [-0.3, -0.25) is 10.3 Å². The normalized spacial score (nSPS) is 14.7. The molecule has 0 heterocycles. The summed E-state index contributed by atoms with van der Waals surface area (Å²) in [5.74, 6) is 1.62. The molecule has 4 nitrogen and oxygen atoms in total. The van der Waals surface area contributed by atoms with Crippen molar-refractivity contribution in [3.63, 3.8) is 0 Å². The van der Waals surface area contributed by atoms with E-state index in [1.807, 2.05) is 12.1 Å². The van der Waals surface area contributed by atoms with E-state index in [1.54, 1.807) is 7.11 Å². The maximum atomic E-state index is 7.61. The van der Waals surface area contributed by atoms with Gasteiger partial charge in [-0.1, -0.05) is 13.0 Å². The smallest absolute Gasteiger partial charge is 0.129 e. The minimum absolute atomic E-state index is 0.0592. The van der Waals surface area contributed by atoms with Crippen molar-refractivity contribution < 1.29 is 4.74 Å². The minimum atomic E-state index is 0.0592. The van der Waals surface area contributed by atoms with Crippen LogP contribution in [0, 0.1) is 11.3 Å². The fourth-order valence-corrected chi connectivity index (χ4v) is 2.29. The molecule has 4 heteroatoms. The zero-order valence-electron chi connectivity index (χ0n) is 11.8. The third-order valence-electron chi connectivity index (χ3n) is 3.62. The lowest BCUT2D eigenvalue weighted by Gasteiger charge is -2.21. The third-order valence-corrected chi connectivity index (χ3v) is 3.62.